The quantitative estimate of drug-likeness (QED) is 0.637. The van der Waals surface area contributed by atoms with Crippen molar-refractivity contribution in [1.29, 1.82) is 0 Å². The number of nitrogens with one attached hydrogen (secondary N) is 1. The summed E-state index contributed by atoms with van der Waals surface area (Å²) in [6.07, 6.45) is -0.489. The number of alkyl halides is 3. The zero-order chi connectivity index (χ0) is 13.3. The second-order valence-electron chi connectivity index (χ2n) is 4.93. The van der Waals surface area contributed by atoms with Crippen molar-refractivity contribution in [3.05, 3.63) is 0 Å². The van der Waals surface area contributed by atoms with E-state index in [1.165, 1.54) is 0 Å². The van der Waals surface area contributed by atoms with Crippen LogP contribution in [-0.4, -0.2) is 18.8 Å². The van der Waals surface area contributed by atoms with Crippen LogP contribution in [-0.2, 0) is 0 Å². The Balaban J connectivity index is 4.04. The molecule has 1 nitrogen and oxygen atoms in total. The third-order valence-electron chi connectivity index (χ3n) is 2.93. The molecule has 0 saturated heterocycles. The van der Waals surface area contributed by atoms with Crippen LogP contribution in [0.1, 0.15) is 59.3 Å². The minimum atomic E-state index is -4.03. The molecule has 0 amide bonds. The van der Waals surface area contributed by atoms with Gasteiger partial charge in [0.05, 0.1) is 0 Å². The van der Waals surface area contributed by atoms with E-state index in [-0.39, 0.29) is 12.5 Å². The molecule has 0 radical (unpaired) electrons. The van der Waals surface area contributed by atoms with E-state index >= 15 is 0 Å². The number of halogens is 3. The van der Waals surface area contributed by atoms with Crippen LogP contribution in [0.5, 0.6) is 0 Å². The third-order valence-corrected chi connectivity index (χ3v) is 2.93. The zero-order valence-electron chi connectivity index (χ0n) is 11.2. The van der Waals surface area contributed by atoms with Gasteiger partial charge in [0, 0.05) is 12.5 Å². The second-order valence-corrected chi connectivity index (χ2v) is 4.93. The summed E-state index contributed by atoms with van der Waals surface area (Å²) >= 11 is 0. The van der Waals surface area contributed by atoms with Crippen molar-refractivity contribution >= 4 is 0 Å². The Morgan fingerprint density at radius 1 is 1.06 bits per heavy atom. The fraction of sp³-hybridized carbons (Fsp3) is 1.00. The highest BCUT2D eigenvalue weighted by Gasteiger charge is 2.28. The van der Waals surface area contributed by atoms with E-state index in [9.17, 15) is 13.2 Å². The summed E-state index contributed by atoms with van der Waals surface area (Å²) in [6.45, 7) is 7.07. The van der Waals surface area contributed by atoms with Crippen LogP contribution >= 0.6 is 0 Å². The summed E-state index contributed by atoms with van der Waals surface area (Å²) in [7, 11) is 0. The summed E-state index contributed by atoms with van der Waals surface area (Å²) in [5.41, 5.74) is 0. The van der Waals surface area contributed by atoms with Crippen LogP contribution in [0, 0.1) is 5.92 Å². The minimum absolute atomic E-state index is 0.0122. The molecule has 0 saturated carbocycles. The fourth-order valence-corrected chi connectivity index (χ4v) is 2.09. The molecule has 0 bridgehead atoms. The fourth-order valence-electron chi connectivity index (χ4n) is 2.09. The maximum atomic E-state index is 12.2. The molecule has 0 heterocycles. The van der Waals surface area contributed by atoms with E-state index < -0.39 is 12.6 Å². The van der Waals surface area contributed by atoms with Crippen molar-refractivity contribution in [3.8, 4) is 0 Å². The Hall–Kier alpha value is -0.250. The highest BCUT2D eigenvalue weighted by Crippen LogP contribution is 2.24. The average Bonchev–Trinajstić information content (AvgIpc) is 2.21. The molecule has 0 aromatic rings. The van der Waals surface area contributed by atoms with E-state index in [0.717, 1.165) is 32.2 Å². The van der Waals surface area contributed by atoms with Crippen LogP contribution in [0.25, 0.3) is 0 Å². The van der Waals surface area contributed by atoms with Crippen molar-refractivity contribution in [1.82, 2.24) is 5.32 Å². The van der Waals surface area contributed by atoms with Crippen LogP contribution in [0.4, 0.5) is 13.2 Å². The third kappa shape index (κ3) is 10.6. The minimum Gasteiger partial charge on any atom is -0.314 e. The van der Waals surface area contributed by atoms with E-state index in [1.807, 2.05) is 6.92 Å². The molecular weight excluding hydrogens is 227 g/mol. The Kier molecular flexibility index (Phi) is 8.66. The maximum Gasteiger partial charge on any atom is 0.389 e. The van der Waals surface area contributed by atoms with Gasteiger partial charge in [0.1, 0.15) is 0 Å². The number of hydrogen-bond donors (Lipinski definition) is 1. The SMILES string of the molecule is CCCNC(CCC(F)(F)F)CC(C)CCC. The monoisotopic (exact) mass is 253 g/mol. The molecule has 0 aliphatic rings. The van der Waals surface area contributed by atoms with Crippen LogP contribution < -0.4 is 5.32 Å². The van der Waals surface area contributed by atoms with Gasteiger partial charge in [0.25, 0.3) is 0 Å². The summed E-state index contributed by atoms with van der Waals surface area (Å²) in [5.74, 6) is 0.502. The molecule has 0 spiro atoms. The van der Waals surface area contributed by atoms with Gasteiger partial charge in [-0.3, -0.25) is 0 Å². The summed E-state index contributed by atoms with van der Waals surface area (Å²) in [5, 5.41) is 3.23. The van der Waals surface area contributed by atoms with Crippen molar-refractivity contribution in [2.45, 2.75) is 71.5 Å². The molecule has 2 unspecified atom stereocenters. The Morgan fingerprint density at radius 3 is 2.18 bits per heavy atom. The molecule has 0 aromatic carbocycles. The molecular formula is C13H26F3N. The number of hydrogen-bond acceptors (Lipinski definition) is 1. The first-order valence-electron chi connectivity index (χ1n) is 6.69. The maximum absolute atomic E-state index is 12.2. The molecule has 0 aliphatic heterocycles. The first-order chi connectivity index (χ1) is 7.89. The topological polar surface area (TPSA) is 12.0 Å². The summed E-state index contributed by atoms with van der Waals surface area (Å²) in [4.78, 5) is 0. The van der Waals surface area contributed by atoms with Gasteiger partial charge >= 0.3 is 6.18 Å². The van der Waals surface area contributed by atoms with Crippen LogP contribution in [0.15, 0.2) is 0 Å². The van der Waals surface area contributed by atoms with Gasteiger partial charge in [-0.2, -0.15) is 13.2 Å². The van der Waals surface area contributed by atoms with Crippen molar-refractivity contribution in [2.75, 3.05) is 6.54 Å². The standard InChI is InChI=1S/C13H26F3N/c1-4-6-11(3)10-12(17-9-5-2)7-8-13(14,15)16/h11-12,17H,4-10H2,1-3H3. The van der Waals surface area contributed by atoms with Crippen molar-refractivity contribution < 1.29 is 13.2 Å². The lowest BCUT2D eigenvalue weighted by atomic mass is 9.94. The van der Waals surface area contributed by atoms with E-state index in [2.05, 4.69) is 19.2 Å². The van der Waals surface area contributed by atoms with Gasteiger partial charge in [0.2, 0.25) is 0 Å². The van der Waals surface area contributed by atoms with Gasteiger partial charge in [-0.25, -0.2) is 0 Å². The molecule has 1 N–H and O–H groups in total. The van der Waals surface area contributed by atoms with Gasteiger partial charge in [-0.05, 0) is 31.7 Å². The Labute approximate surface area is 103 Å². The summed E-state index contributed by atoms with van der Waals surface area (Å²) < 4.78 is 36.6. The molecule has 2 atom stereocenters. The Bertz CT molecular complexity index is 180. The van der Waals surface area contributed by atoms with Gasteiger partial charge in [-0.15, -0.1) is 0 Å². The molecule has 0 aliphatic carbocycles. The normalized spacial score (nSPS) is 15.9. The van der Waals surface area contributed by atoms with Gasteiger partial charge in [0.15, 0.2) is 0 Å². The first-order valence-corrected chi connectivity index (χ1v) is 6.69. The molecule has 4 heteroatoms. The van der Waals surface area contributed by atoms with Crippen molar-refractivity contribution in [2.24, 2.45) is 5.92 Å². The molecule has 104 valence electrons. The zero-order valence-corrected chi connectivity index (χ0v) is 11.2. The number of rotatable bonds is 9. The van der Waals surface area contributed by atoms with E-state index in [0.29, 0.717) is 5.92 Å². The lowest BCUT2D eigenvalue weighted by molar-refractivity contribution is -0.136. The predicted molar refractivity (Wildman–Crippen MR) is 66.1 cm³/mol. The largest absolute Gasteiger partial charge is 0.389 e. The lowest BCUT2D eigenvalue weighted by Gasteiger charge is -2.22. The van der Waals surface area contributed by atoms with Crippen LogP contribution in [0.3, 0.4) is 0 Å². The molecule has 17 heavy (non-hydrogen) atoms. The van der Waals surface area contributed by atoms with Crippen LogP contribution in [0.2, 0.25) is 0 Å². The van der Waals surface area contributed by atoms with E-state index in [1.54, 1.807) is 0 Å². The summed E-state index contributed by atoms with van der Waals surface area (Å²) in [6, 6.07) is 0.0122. The highest BCUT2D eigenvalue weighted by molar-refractivity contribution is 4.71. The van der Waals surface area contributed by atoms with Crippen molar-refractivity contribution in [3.63, 3.8) is 0 Å². The smallest absolute Gasteiger partial charge is 0.314 e. The first kappa shape index (κ1) is 16.8. The lowest BCUT2D eigenvalue weighted by Crippen LogP contribution is -2.32. The predicted octanol–water partition coefficient (Wildman–Crippen LogP) is 4.52. The highest BCUT2D eigenvalue weighted by atomic mass is 19.4. The molecule has 0 rings (SSSR count). The van der Waals surface area contributed by atoms with Gasteiger partial charge in [-0.1, -0.05) is 33.6 Å². The molecule has 0 fully saturated rings. The Morgan fingerprint density at radius 2 is 1.71 bits per heavy atom. The van der Waals surface area contributed by atoms with E-state index in [4.69, 9.17) is 0 Å². The van der Waals surface area contributed by atoms with Gasteiger partial charge < -0.3 is 5.32 Å². The second kappa shape index (κ2) is 8.78. The average molecular weight is 253 g/mol. The molecule has 0 aromatic heterocycles.